The van der Waals surface area contributed by atoms with E-state index in [2.05, 4.69) is 15.6 Å². The van der Waals surface area contributed by atoms with Crippen LogP contribution in [0.15, 0.2) is 38.9 Å². The molecule has 0 atom stereocenters. The molecule has 24 heavy (non-hydrogen) atoms. The Morgan fingerprint density at radius 1 is 1.29 bits per heavy atom. The number of hydrogen-bond donors (Lipinski definition) is 3. The summed E-state index contributed by atoms with van der Waals surface area (Å²) in [6.07, 6.45) is 1.21. The summed E-state index contributed by atoms with van der Waals surface area (Å²) >= 11 is 3.22. The van der Waals surface area contributed by atoms with E-state index in [-0.39, 0.29) is 12.6 Å². The summed E-state index contributed by atoms with van der Waals surface area (Å²) in [5.74, 6) is 0. The van der Waals surface area contributed by atoms with Gasteiger partial charge in [0.1, 0.15) is 0 Å². The van der Waals surface area contributed by atoms with Gasteiger partial charge >= 0.3 is 6.03 Å². The SMILES string of the molecule is CCC(O)(CC)CNC(=O)Nc1ccc(Sc2nc(C)cs2)cc1. The molecule has 0 bridgehead atoms. The van der Waals surface area contributed by atoms with Crippen LogP contribution >= 0.6 is 23.1 Å². The minimum atomic E-state index is -0.844. The highest BCUT2D eigenvalue weighted by Gasteiger charge is 2.22. The molecule has 7 heteroatoms. The fourth-order valence-electron chi connectivity index (χ4n) is 2.01. The maximum absolute atomic E-state index is 11.9. The Labute approximate surface area is 150 Å². The van der Waals surface area contributed by atoms with Gasteiger partial charge in [0.05, 0.1) is 5.60 Å². The zero-order valence-corrected chi connectivity index (χ0v) is 15.8. The second-order valence-electron chi connectivity index (χ2n) is 5.62. The Kier molecular flexibility index (Phi) is 6.65. The van der Waals surface area contributed by atoms with Gasteiger partial charge in [0.2, 0.25) is 0 Å². The minimum Gasteiger partial charge on any atom is -0.388 e. The molecule has 5 nitrogen and oxygen atoms in total. The smallest absolute Gasteiger partial charge is 0.319 e. The maximum atomic E-state index is 11.9. The van der Waals surface area contributed by atoms with Gasteiger partial charge in [0.15, 0.2) is 4.34 Å². The molecule has 0 aliphatic rings. The average molecular weight is 366 g/mol. The first-order valence-electron chi connectivity index (χ1n) is 7.91. The third-order valence-electron chi connectivity index (χ3n) is 3.81. The summed E-state index contributed by atoms with van der Waals surface area (Å²) < 4.78 is 1.00. The molecule has 0 spiro atoms. The standard InChI is InChI=1S/C17H23N3O2S2/c1-4-17(22,5-2)11-18-15(21)20-13-6-8-14(9-7-13)24-16-19-12(3)10-23-16/h6-10,22H,4-5,11H2,1-3H3,(H2,18,20,21). The highest BCUT2D eigenvalue weighted by Crippen LogP contribution is 2.30. The number of hydrogen-bond acceptors (Lipinski definition) is 5. The van der Waals surface area contributed by atoms with Crippen LogP contribution < -0.4 is 10.6 Å². The van der Waals surface area contributed by atoms with Gasteiger partial charge in [-0.25, -0.2) is 9.78 Å². The van der Waals surface area contributed by atoms with E-state index in [1.807, 2.05) is 50.4 Å². The van der Waals surface area contributed by atoms with Crippen molar-refractivity contribution in [1.29, 1.82) is 0 Å². The molecule has 0 saturated carbocycles. The van der Waals surface area contributed by atoms with Crippen LogP contribution in [0.2, 0.25) is 0 Å². The van der Waals surface area contributed by atoms with E-state index in [9.17, 15) is 9.90 Å². The third-order valence-corrected chi connectivity index (χ3v) is 5.87. The number of nitrogens with one attached hydrogen (secondary N) is 2. The summed E-state index contributed by atoms with van der Waals surface area (Å²) in [6, 6.07) is 7.30. The number of urea groups is 1. The van der Waals surface area contributed by atoms with E-state index in [0.29, 0.717) is 18.5 Å². The molecule has 2 rings (SSSR count). The number of rotatable bonds is 7. The Morgan fingerprint density at radius 2 is 1.96 bits per heavy atom. The average Bonchev–Trinajstić information content (AvgIpc) is 2.99. The fourth-order valence-corrected chi connectivity index (χ4v) is 3.82. The number of anilines is 1. The van der Waals surface area contributed by atoms with Crippen molar-refractivity contribution in [3.8, 4) is 0 Å². The van der Waals surface area contributed by atoms with E-state index in [1.165, 1.54) is 0 Å². The van der Waals surface area contributed by atoms with Gasteiger partial charge in [-0.15, -0.1) is 11.3 Å². The van der Waals surface area contributed by atoms with E-state index in [4.69, 9.17) is 0 Å². The van der Waals surface area contributed by atoms with Gasteiger partial charge in [0.25, 0.3) is 0 Å². The lowest BCUT2D eigenvalue weighted by Gasteiger charge is -2.25. The molecule has 0 aliphatic carbocycles. The van der Waals surface area contributed by atoms with Gasteiger partial charge in [0, 0.05) is 28.2 Å². The summed E-state index contributed by atoms with van der Waals surface area (Å²) in [5.41, 5.74) is 0.893. The molecule has 1 aromatic heterocycles. The number of aryl methyl sites for hydroxylation is 1. The third kappa shape index (κ3) is 5.51. The number of thiazole rings is 1. The Hall–Kier alpha value is -1.57. The number of aromatic nitrogens is 1. The fraction of sp³-hybridized carbons (Fsp3) is 0.412. The van der Waals surface area contributed by atoms with Crippen LogP contribution in [0, 0.1) is 6.92 Å². The first-order chi connectivity index (χ1) is 11.4. The van der Waals surface area contributed by atoms with E-state index < -0.39 is 5.60 Å². The minimum absolute atomic E-state index is 0.239. The number of nitrogens with zero attached hydrogens (tertiary/aromatic N) is 1. The van der Waals surface area contributed by atoms with Gasteiger partial charge in [-0.3, -0.25) is 0 Å². The van der Waals surface area contributed by atoms with Crippen molar-refractivity contribution in [2.75, 3.05) is 11.9 Å². The lowest BCUT2D eigenvalue weighted by Crippen LogP contribution is -2.43. The predicted molar refractivity (Wildman–Crippen MR) is 100.0 cm³/mol. The molecule has 0 fully saturated rings. The van der Waals surface area contributed by atoms with Crippen molar-refractivity contribution in [2.45, 2.75) is 48.4 Å². The van der Waals surface area contributed by atoms with E-state index in [0.717, 1.165) is 14.9 Å². The van der Waals surface area contributed by atoms with Crippen LogP contribution in [0.25, 0.3) is 0 Å². The normalized spacial score (nSPS) is 11.3. The number of amides is 2. The van der Waals surface area contributed by atoms with Crippen LogP contribution in [0.3, 0.4) is 0 Å². The number of carbonyl (C=O) groups excluding carboxylic acids is 1. The van der Waals surface area contributed by atoms with E-state index >= 15 is 0 Å². The van der Waals surface area contributed by atoms with Gasteiger partial charge in [-0.05, 0) is 44.0 Å². The van der Waals surface area contributed by atoms with Gasteiger partial charge in [-0.2, -0.15) is 0 Å². The van der Waals surface area contributed by atoms with Crippen LogP contribution in [-0.4, -0.2) is 28.3 Å². The second-order valence-corrected chi connectivity index (χ2v) is 7.80. The van der Waals surface area contributed by atoms with Crippen molar-refractivity contribution in [3.63, 3.8) is 0 Å². The summed E-state index contributed by atoms with van der Waals surface area (Å²) in [5, 5.41) is 17.7. The molecule has 0 saturated heterocycles. The topological polar surface area (TPSA) is 74.2 Å². The van der Waals surface area contributed by atoms with Gasteiger partial charge in [-0.1, -0.05) is 25.6 Å². The monoisotopic (exact) mass is 365 g/mol. The lowest BCUT2D eigenvalue weighted by molar-refractivity contribution is 0.0354. The zero-order chi connectivity index (χ0) is 17.6. The number of benzene rings is 1. The molecular formula is C17H23N3O2S2. The van der Waals surface area contributed by atoms with E-state index in [1.54, 1.807) is 23.1 Å². The molecule has 0 aliphatic heterocycles. The van der Waals surface area contributed by atoms with Crippen LogP contribution in [0.5, 0.6) is 0 Å². The van der Waals surface area contributed by atoms with Crippen LogP contribution in [0.4, 0.5) is 10.5 Å². The second kappa shape index (κ2) is 8.50. The van der Waals surface area contributed by atoms with Crippen LogP contribution in [-0.2, 0) is 0 Å². The van der Waals surface area contributed by atoms with Crippen molar-refractivity contribution >= 4 is 34.8 Å². The molecule has 2 amide bonds. The number of carbonyl (C=O) groups is 1. The molecule has 130 valence electrons. The Morgan fingerprint density at radius 3 is 2.50 bits per heavy atom. The molecule has 1 heterocycles. The first kappa shape index (κ1) is 18.8. The Bertz CT molecular complexity index is 667. The maximum Gasteiger partial charge on any atom is 0.319 e. The van der Waals surface area contributed by atoms with Gasteiger partial charge < -0.3 is 15.7 Å². The summed E-state index contributed by atoms with van der Waals surface area (Å²) in [4.78, 5) is 17.4. The lowest BCUT2D eigenvalue weighted by atomic mass is 9.98. The number of aliphatic hydroxyl groups is 1. The molecule has 0 radical (unpaired) electrons. The van der Waals surface area contributed by atoms with Crippen molar-refractivity contribution < 1.29 is 9.90 Å². The summed E-state index contributed by atoms with van der Waals surface area (Å²) in [6.45, 7) is 6.03. The Balaban J connectivity index is 1.86. The molecule has 1 aromatic carbocycles. The molecule has 3 N–H and O–H groups in total. The quantitative estimate of drug-likeness (QED) is 0.685. The van der Waals surface area contributed by atoms with Crippen molar-refractivity contribution in [2.24, 2.45) is 0 Å². The van der Waals surface area contributed by atoms with Crippen molar-refractivity contribution in [1.82, 2.24) is 10.3 Å². The largest absolute Gasteiger partial charge is 0.388 e. The summed E-state index contributed by atoms with van der Waals surface area (Å²) in [7, 11) is 0. The highest BCUT2D eigenvalue weighted by molar-refractivity contribution is 8.01. The van der Waals surface area contributed by atoms with Crippen LogP contribution in [0.1, 0.15) is 32.4 Å². The van der Waals surface area contributed by atoms with Crippen molar-refractivity contribution in [3.05, 3.63) is 35.3 Å². The highest BCUT2D eigenvalue weighted by atomic mass is 32.2. The molecular weight excluding hydrogens is 342 g/mol. The molecule has 0 unspecified atom stereocenters. The zero-order valence-electron chi connectivity index (χ0n) is 14.1. The first-order valence-corrected chi connectivity index (χ1v) is 9.61. The predicted octanol–water partition coefficient (Wildman–Crippen LogP) is 4.28. The molecule has 2 aromatic rings.